The first-order valence-corrected chi connectivity index (χ1v) is 7.75. The Bertz CT molecular complexity index is 710. The highest BCUT2D eigenvalue weighted by Gasteiger charge is 2.28. The van der Waals surface area contributed by atoms with Crippen LogP contribution in [0.5, 0.6) is 0 Å². The SMILES string of the molecule is COC(=O)c1oc(CN2CCCC2c2cccc(F)c2)cc1C. The van der Waals surface area contributed by atoms with Gasteiger partial charge in [-0.05, 0) is 50.1 Å². The molecule has 0 radical (unpaired) electrons. The predicted molar refractivity (Wildman–Crippen MR) is 83.6 cm³/mol. The Morgan fingerprint density at radius 3 is 3.00 bits per heavy atom. The second-order valence-electron chi connectivity index (χ2n) is 5.90. The third-order valence-electron chi connectivity index (χ3n) is 4.30. The van der Waals surface area contributed by atoms with Crippen molar-refractivity contribution in [3.63, 3.8) is 0 Å². The lowest BCUT2D eigenvalue weighted by Crippen LogP contribution is -2.22. The fraction of sp³-hybridized carbons (Fsp3) is 0.389. The van der Waals surface area contributed by atoms with Crippen molar-refractivity contribution >= 4 is 5.97 Å². The molecule has 0 aliphatic carbocycles. The van der Waals surface area contributed by atoms with Crippen molar-refractivity contribution in [3.05, 3.63) is 58.8 Å². The third kappa shape index (κ3) is 3.29. The van der Waals surface area contributed by atoms with Crippen LogP contribution in [0.2, 0.25) is 0 Å². The summed E-state index contributed by atoms with van der Waals surface area (Å²) in [5, 5.41) is 0. The second-order valence-corrected chi connectivity index (χ2v) is 5.90. The smallest absolute Gasteiger partial charge is 0.374 e. The number of esters is 1. The highest BCUT2D eigenvalue weighted by atomic mass is 19.1. The Balaban J connectivity index is 1.78. The van der Waals surface area contributed by atoms with Gasteiger partial charge in [0.15, 0.2) is 0 Å². The van der Waals surface area contributed by atoms with Gasteiger partial charge >= 0.3 is 5.97 Å². The minimum atomic E-state index is -0.461. The lowest BCUT2D eigenvalue weighted by atomic mass is 10.0. The number of aryl methyl sites for hydroxylation is 1. The minimum Gasteiger partial charge on any atom is -0.463 e. The van der Waals surface area contributed by atoms with Gasteiger partial charge in [0, 0.05) is 11.6 Å². The van der Waals surface area contributed by atoms with E-state index in [2.05, 4.69) is 4.90 Å². The molecule has 3 rings (SSSR count). The zero-order valence-electron chi connectivity index (χ0n) is 13.3. The maximum absolute atomic E-state index is 13.5. The van der Waals surface area contributed by atoms with Crippen LogP contribution in [0.15, 0.2) is 34.7 Å². The molecule has 1 aromatic heterocycles. The molecule has 1 atom stereocenters. The summed E-state index contributed by atoms with van der Waals surface area (Å²) in [6.45, 7) is 3.35. The summed E-state index contributed by atoms with van der Waals surface area (Å²) in [7, 11) is 1.34. The van der Waals surface area contributed by atoms with E-state index in [1.807, 2.05) is 19.1 Å². The van der Waals surface area contributed by atoms with E-state index in [0.717, 1.165) is 36.3 Å². The highest BCUT2D eigenvalue weighted by molar-refractivity contribution is 5.87. The maximum Gasteiger partial charge on any atom is 0.374 e. The van der Waals surface area contributed by atoms with Crippen LogP contribution < -0.4 is 0 Å². The van der Waals surface area contributed by atoms with Crippen LogP contribution in [-0.2, 0) is 11.3 Å². The maximum atomic E-state index is 13.5. The fourth-order valence-electron chi connectivity index (χ4n) is 3.23. The van der Waals surface area contributed by atoms with Gasteiger partial charge in [-0.3, -0.25) is 4.90 Å². The van der Waals surface area contributed by atoms with Crippen LogP contribution >= 0.6 is 0 Å². The Morgan fingerprint density at radius 1 is 1.43 bits per heavy atom. The Kier molecular flexibility index (Phi) is 4.48. The molecular formula is C18H20FNO3. The first-order valence-electron chi connectivity index (χ1n) is 7.75. The van der Waals surface area contributed by atoms with Gasteiger partial charge in [0.1, 0.15) is 11.6 Å². The van der Waals surface area contributed by atoms with Crippen molar-refractivity contribution in [2.45, 2.75) is 32.4 Å². The molecule has 2 aromatic rings. The molecular weight excluding hydrogens is 297 g/mol. The van der Waals surface area contributed by atoms with Crippen LogP contribution in [0.3, 0.4) is 0 Å². The van der Waals surface area contributed by atoms with E-state index in [1.165, 1.54) is 13.2 Å². The van der Waals surface area contributed by atoms with Crippen LogP contribution in [0, 0.1) is 12.7 Å². The number of benzene rings is 1. The van der Waals surface area contributed by atoms with Crippen LogP contribution in [0.25, 0.3) is 0 Å². The molecule has 5 heteroatoms. The summed E-state index contributed by atoms with van der Waals surface area (Å²) in [5.41, 5.74) is 1.76. The summed E-state index contributed by atoms with van der Waals surface area (Å²) in [6.07, 6.45) is 2.05. The summed E-state index contributed by atoms with van der Waals surface area (Å²) in [4.78, 5) is 13.9. The number of furan rings is 1. The molecule has 23 heavy (non-hydrogen) atoms. The molecule has 0 bridgehead atoms. The van der Waals surface area contributed by atoms with Gasteiger partial charge in [0.05, 0.1) is 13.7 Å². The average Bonchev–Trinajstić information content (AvgIpc) is 3.13. The van der Waals surface area contributed by atoms with E-state index >= 15 is 0 Å². The quantitative estimate of drug-likeness (QED) is 0.803. The first kappa shape index (κ1) is 15.7. The monoisotopic (exact) mass is 317 g/mol. The van der Waals surface area contributed by atoms with Gasteiger partial charge < -0.3 is 9.15 Å². The van der Waals surface area contributed by atoms with Crippen molar-refractivity contribution < 1.29 is 18.3 Å². The van der Waals surface area contributed by atoms with E-state index in [0.29, 0.717) is 6.54 Å². The van der Waals surface area contributed by atoms with Crippen molar-refractivity contribution in [2.24, 2.45) is 0 Å². The Morgan fingerprint density at radius 2 is 2.26 bits per heavy atom. The molecule has 1 unspecified atom stereocenters. The summed E-state index contributed by atoms with van der Waals surface area (Å²) in [5.74, 6) is 0.309. The summed E-state index contributed by atoms with van der Waals surface area (Å²) >= 11 is 0. The number of hydrogen-bond donors (Lipinski definition) is 0. The first-order chi connectivity index (χ1) is 11.1. The normalized spacial score (nSPS) is 18.3. The topological polar surface area (TPSA) is 42.7 Å². The molecule has 0 N–H and O–H groups in total. The standard InChI is InChI=1S/C18H20FNO3/c1-12-9-15(23-17(12)18(21)22-2)11-20-8-4-7-16(20)13-5-3-6-14(19)10-13/h3,5-6,9-10,16H,4,7-8,11H2,1-2H3. The lowest BCUT2D eigenvalue weighted by molar-refractivity contribution is 0.0559. The third-order valence-corrected chi connectivity index (χ3v) is 4.30. The predicted octanol–water partition coefficient (Wildman–Crippen LogP) is 3.85. The van der Waals surface area contributed by atoms with Crippen molar-refractivity contribution in [2.75, 3.05) is 13.7 Å². The van der Waals surface area contributed by atoms with E-state index in [9.17, 15) is 9.18 Å². The number of carbonyl (C=O) groups excluding carboxylic acids is 1. The Hall–Kier alpha value is -2.14. The molecule has 1 aliphatic heterocycles. The van der Waals surface area contributed by atoms with Gasteiger partial charge in [-0.1, -0.05) is 12.1 Å². The zero-order valence-corrected chi connectivity index (χ0v) is 13.3. The number of likely N-dealkylation sites (tertiary alicyclic amines) is 1. The number of hydrogen-bond acceptors (Lipinski definition) is 4. The Labute approximate surface area is 134 Å². The molecule has 1 aliphatic rings. The van der Waals surface area contributed by atoms with Crippen LogP contribution in [0.1, 0.15) is 46.3 Å². The number of rotatable bonds is 4. The molecule has 2 heterocycles. The van der Waals surface area contributed by atoms with Crippen molar-refractivity contribution in [1.29, 1.82) is 0 Å². The van der Waals surface area contributed by atoms with Crippen molar-refractivity contribution in [1.82, 2.24) is 4.90 Å². The second kappa shape index (κ2) is 6.54. The molecule has 0 amide bonds. The van der Waals surface area contributed by atoms with E-state index in [-0.39, 0.29) is 17.6 Å². The average molecular weight is 317 g/mol. The van der Waals surface area contributed by atoms with Gasteiger partial charge in [-0.15, -0.1) is 0 Å². The number of carbonyl (C=O) groups is 1. The van der Waals surface area contributed by atoms with Gasteiger partial charge in [0.2, 0.25) is 5.76 Å². The van der Waals surface area contributed by atoms with Gasteiger partial charge in [0.25, 0.3) is 0 Å². The van der Waals surface area contributed by atoms with E-state index in [4.69, 9.17) is 9.15 Å². The molecule has 1 aromatic carbocycles. The molecule has 0 spiro atoms. The molecule has 0 saturated carbocycles. The molecule has 122 valence electrons. The highest BCUT2D eigenvalue weighted by Crippen LogP contribution is 2.33. The number of methoxy groups -OCH3 is 1. The van der Waals surface area contributed by atoms with E-state index < -0.39 is 5.97 Å². The minimum absolute atomic E-state index is 0.178. The number of nitrogens with zero attached hydrogens (tertiary/aromatic N) is 1. The zero-order chi connectivity index (χ0) is 16.4. The van der Waals surface area contributed by atoms with E-state index in [1.54, 1.807) is 12.1 Å². The van der Waals surface area contributed by atoms with Crippen LogP contribution in [-0.4, -0.2) is 24.5 Å². The number of halogens is 1. The summed E-state index contributed by atoms with van der Waals surface area (Å²) in [6, 6.07) is 8.80. The van der Waals surface area contributed by atoms with Gasteiger partial charge in [-0.2, -0.15) is 0 Å². The van der Waals surface area contributed by atoms with Gasteiger partial charge in [-0.25, -0.2) is 9.18 Å². The molecule has 1 saturated heterocycles. The molecule has 1 fully saturated rings. The molecule has 4 nitrogen and oxygen atoms in total. The summed E-state index contributed by atoms with van der Waals surface area (Å²) < 4.78 is 23.8. The lowest BCUT2D eigenvalue weighted by Gasteiger charge is -2.23. The van der Waals surface area contributed by atoms with Crippen molar-refractivity contribution in [3.8, 4) is 0 Å². The largest absolute Gasteiger partial charge is 0.463 e. The number of ether oxygens (including phenoxy) is 1. The fourth-order valence-corrected chi connectivity index (χ4v) is 3.23. The van der Waals surface area contributed by atoms with Crippen LogP contribution in [0.4, 0.5) is 4.39 Å².